The molecule has 0 spiro atoms. The first kappa shape index (κ1) is 14.0. The maximum atomic E-state index is 5.63. The van der Waals surface area contributed by atoms with Gasteiger partial charge in [0.05, 0.1) is 0 Å². The topological polar surface area (TPSA) is 36.9 Å². The molecule has 0 bridgehead atoms. The molecule has 0 aromatic carbocycles. The standard InChI is InChI=1S/C12H22O4Te/c1(11-9-13-3-5-15-11)7-17-8-2-12-10-14-4-6-16-12/h11-12H,1-10H2. The van der Waals surface area contributed by atoms with Gasteiger partial charge in [0.15, 0.2) is 0 Å². The monoisotopic (exact) mass is 360 g/mol. The molecule has 2 heterocycles. The van der Waals surface area contributed by atoms with E-state index >= 15 is 0 Å². The van der Waals surface area contributed by atoms with E-state index < -0.39 is 0 Å². The van der Waals surface area contributed by atoms with Gasteiger partial charge in [-0.05, 0) is 0 Å². The molecule has 17 heavy (non-hydrogen) atoms. The van der Waals surface area contributed by atoms with E-state index in [0.717, 1.165) is 39.6 Å². The van der Waals surface area contributed by atoms with Crippen molar-refractivity contribution in [1.29, 1.82) is 0 Å². The van der Waals surface area contributed by atoms with Gasteiger partial charge in [-0.3, -0.25) is 0 Å². The predicted molar refractivity (Wildman–Crippen MR) is 65.7 cm³/mol. The first-order valence-corrected chi connectivity index (χ1v) is 9.71. The maximum absolute atomic E-state index is 5.63. The van der Waals surface area contributed by atoms with Crippen LogP contribution >= 0.6 is 0 Å². The third-order valence-electron chi connectivity index (χ3n) is 2.94. The third-order valence-corrected chi connectivity index (χ3v) is 5.93. The summed E-state index contributed by atoms with van der Waals surface area (Å²) in [5.41, 5.74) is 0. The van der Waals surface area contributed by atoms with Crippen LogP contribution in [0.1, 0.15) is 12.8 Å². The van der Waals surface area contributed by atoms with Gasteiger partial charge in [-0.1, -0.05) is 0 Å². The van der Waals surface area contributed by atoms with Crippen molar-refractivity contribution in [1.82, 2.24) is 0 Å². The van der Waals surface area contributed by atoms with Gasteiger partial charge in [-0.15, -0.1) is 0 Å². The molecule has 2 unspecified atom stereocenters. The Labute approximate surface area is 113 Å². The first-order chi connectivity index (χ1) is 8.45. The van der Waals surface area contributed by atoms with Crippen LogP contribution in [0.5, 0.6) is 0 Å². The minimum absolute atomic E-state index is 0.127. The Kier molecular flexibility index (Phi) is 7.18. The van der Waals surface area contributed by atoms with Gasteiger partial charge >= 0.3 is 113 Å². The van der Waals surface area contributed by atoms with Crippen LogP contribution in [0.15, 0.2) is 0 Å². The first-order valence-electron chi connectivity index (χ1n) is 6.41. The van der Waals surface area contributed by atoms with E-state index in [1.165, 1.54) is 21.8 Å². The Morgan fingerprint density at radius 3 is 1.71 bits per heavy atom. The van der Waals surface area contributed by atoms with E-state index in [1.54, 1.807) is 0 Å². The van der Waals surface area contributed by atoms with Crippen LogP contribution in [0.25, 0.3) is 0 Å². The zero-order chi connectivity index (χ0) is 11.8. The van der Waals surface area contributed by atoms with E-state index in [2.05, 4.69) is 0 Å². The molecule has 0 N–H and O–H groups in total. The van der Waals surface area contributed by atoms with Crippen LogP contribution in [0, 0.1) is 0 Å². The summed E-state index contributed by atoms with van der Waals surface area (Å²) in [5.74, 6) is 0. The summed E-state index contributed by atoms with van der Waals surface area (Å²) < 4.78 is 24.7. The van der Waals surface area contributed by atoms with E-state index in [1.807, 2.05) is 0 Å². The molecule has 2 aliphatic heterocycles. The Bertz CT molecular complexity index is 171. The second kappa shape index (κ2) is 8.68. The molecule has 5 heteroatoms. The van der Waals surface area contributed by atoms with Crippen LogP contribution < -0.4 is 0 Å². The number of hydrogen-bond acceptors (Lipinski definition) is 4. The van der Waals surface area contributed by atoms with Crippen molar-refractivity contribution in [2.24, 2.45) is 0 Å². The fourth-order valence-corrected chi connectivity index (χ4v) is 4.97. The molecule has 0 saturated carbocycles. The van der Waals surface area contributed by atoms with Crippen LogP contribution in [0.2, 0.25) is 8.94 Å². The molecule has 100 valence electrons. The number of hydrogen-bond donors (Lipinski definition) is 0. The second-order valence-corrected chi connectivity index (χ2v) is 7.82. The van der Waals surface area contributed by atoms with Crippen molar-refractivity contribution in [3.63, 3.8) is 0 Å². The van der Waals surface area contributed by atoms with Crippen molar-refractivity contribution in [2.75, 3.05) is 39.6 Å². The Hall–Kier alpha value is 0.630. The van der Waals surface area contributed by atoms with Crippen LogP contribution in [-0.4, -0.2) is 72.8 Å². The average Bonchev–Trinajstić information content (AvgIpc) is 2.41. The molecule has 0 radical (unpaired) electrons. The van der Waals surface area contributed by atoms with Crippen molar-refractivity contribution in [3.8, 4) is 0 Å². The van der Waals surface area contributed by atoms with Crippen molar-refractivity contribution < 1.29 is 18.9 Å². The van der Waals surface area contributed by atoms with Gasteiger partial charge in [0.2, 0.25) is 0 Å². The summed E-state index contributed by atoms with van der Waals surface area (Å²) in [7, 11) is 0. The minimum atomic E-state index is 0.127. The van der Waals surface area contributed by atoms with E-state index in [4.69, 9.17) is 18.9 Å². The molecule has 2 fully saturated rings. The van der Waals surface area contributed by atoms with E-state index in [-0.39, 0.29) is 20.9 Å². The third kappa shape index (κ3) is 5.87. The zero-order valence-corrected chi connectivity index (χ0v) is 12.6. The predicted octanol–water partition coefficient (Wildman–Crippen LogP) is 1.14. The Morgan fingerprint density at radius 2 is 1.29 bits per heavy atom. The van der Waals surface area contributed by atoms with Crippen molar-refractivity contribution >= 4 is 20.9 Å². The van der Waals surface area contributed by atoms with Crippen LogP contribution in [-0.2, 0) is 18.9 Å². The number of ether oxygens (including phenoxy) is 4. The quantitative estimate of drug-likeness (QED) is 0.527. The van der Waals surface area contributed by atoms with Gasteiger partial charge in [-0.2, -0.15) is 0 Å². The van der Waals surface area contributed by atoms with Crippen molar-refractivity contribution in [2.45, 2.75) is 34.0 Å². The van der Waals surface area contributed by atoms with Gasteiger partial charge in [0.1, 0.15) is 0 Å². The fraction of sp³-hybridized carbons (Fsp3) is 1.00. The average molecular weight is 358 g/mol. The summed E-state index contributed by atoms with van der Waals surface area (Å²) >= 11 is 0.127. The Morgan fingerprint density at radius 1 is 0.765 bits per heavy atom. The number of rotatable bonds is 6. The van der Waals surface area contributed by atoms with Gasteiger partial charge in [-0.25, -0.2) is 0 Å². The van der Waals surface area contributed by atoms with Gasteiger partial charge < -0.3 is 0 Å². The molecule has 0 aromatic heterocycles. The van der Waals surface area contributed by atoms with Crippen LogP contribution in [0.4, 0.5) is 0 Å². The molecule has 4 nitrogen and oxygen atoms in total. The molecular formula is C12H22O4Te. The van der Waals surface area contributed by atoms with Crippen molar-refractivity contribution in [3.05, 3.63) is 0 Å². The molecule has 0 aromatic rings. The summed E-state index contributed by atoms with van der Waals surface area (Å²) in [4.78, 5) is 0. The normalized spacial score (nSPS) is 30.4. The second-order valence-electron chi connectivity index (χ2n) is 4.33. The molecule has 2 rings (SSSR count). The molecular weight excluding hydrogens is 336 g/mol. The van der Waals surface area contributed by atoms with E-state index in [9.17, 15) is 0 Å². The molecule has 0 aliphatic carbocycles. The molecule has 2 saturated heterocycles. The van der Waals surface area contributed by atoms with Crippen LogP contribution in [0.3, 0.4) is 0 Å². The summed E-state index contributed by atoms with van der Waals surface area (Å²) in [6, 6.07) is 0. The van der Waals surface area contributed by atoms with Gasteiger partial charge in [0, 0.05) is 0 Å². The zero-order valence-electron chi connectivity index (χ0n) is 10.3. The summed E-state index contributed by atoms with van der Waals surface area (Å²) in [5, 5.41) is 0. The fourth-order valence-electron chi connectivity index (χ4n) is 1.94. The summed E-state index contributed by atoms with van der Waals surface area (Å²) in [6.07, 6.45) is 3.10. The van der Waals surface area contributed by atoms with Gasteiger partial charge in [0.25, 0.3) is 0 Å². The SMILES string of the molecule is C1COC(CC[Te]CCC2COCCO2)CO1. The Balaban J connectivity index is 1.42. The van der Waals surface area contributed by atoms with E-state index in [0.29, 0.717) is 12.2 Å². The summed E-state index contributed by atoms with van der Waals surface area (Å²) in [6.45, 7) is 4.69. The molecule has 2 aliphatic rings. The molecule has 0 amide bonds. The molecule has 2 atom stereocenters.